The van der Waals surface area contributed by atoms with Crippen LogP contribution in [0.15, 0.2) is 23.1 Å². The largest absolute Gasteiger partial charge is 0.399 e. The first kappa shape index (κ1) is 12.6. The number of nitrogen functional groups attached to an aromatic ring is 1. The normalized spacial score (nSPS) is 16.7. The van der Waals surface area contributed by atoms with E-state index in [1.165, 1.54) is 10.6 Å². The van der Waals surface area contributed by atoms with Crippen LogP contribution in [0.5, 0.6) is 0 Å². The van der Waals surface area contributed by atoms with E-state index in [1.807, 2.05) is 17.8 Å². The van der Waals surface area contributed by atoms with Crippen LogP contribution in [0.2, 0.25) is 0 Å². The van der Waals surface area contributed by atoms with Crippen molar-refractivity contribution in [3.8, 4) is 0 Å². The van der Waals surface area contributed by atoms with Gasteiger partial charge in [-0.15, -0.1) is 11.8 Å². The summed E-state index contributed by atoms with van der Waals surface area (Å²) in [6.45, 7) is 4.15. The number of benzene rings is 1. The van der Waals surface area contributed by atoms with Crippen molar-refractivity contribution in [1.29, 1.82) is 0 Å². The maximum absolute atomic E-state index is 5.88. The van der Waals surface area contributed by atoms with E-state index < -0.39 is 0 Å². The Bertz CT molecular complexity index is 384. The maximum Gasteiger partial charge on any atom is 0.0527 e. The van der Waals surface area contributed by atoms with Gasteiger partial charge in [0, 0.05) is 42.6 Å². The summed E-state index contributed by atoms with van der Waals surface area (Å²) < 4.78 is 5.16. The third kappa shape index (κ3) is 2.87. The Morgan fingerprint density at radius 2 is 2.35 bits per heavy atom. The van der Waals surface area contributed by atoms with Gasteiger partial charge in [-0.2, -0.15) is 0 Å². The maximum atomic E-state index is 5.88. The summed E-state index contributed by atoms with van der Waals surface area (Å²) >= 11 is 1.91. The fraction of sp³-hybridized carbons (Fsp3) is 0.538. The van der Waals surface area contributed by atoms with Crippen molar-refractivity contribution in [3.05, 3.63) is 18.2 Å². The van der Waals surface area contributed by atoms with Gasteiger partial charge in [0.15, 0.2) is 0 Å². The number of anilines is 2. The van der Waals surface area contributed by atoms with Gasteiger partial charge in [0.25, 0.3) is 0 Å². The van der Waals surface area contributed by atoms with Gasteiger partial charge in [-0.3, -0.25) is 0 Å². The molecule has 17 heavy (non-hydrogen) atoms. The van der Waals surface area contributed by atoms with E-state index >= 15 is 0 Å². The smallest absolute Gasteiger partial charge is 0.0527 e. The van der Waals surface area contributed by atoms with Gasteiger partial charge in [-0.25, -0.2) is 0 Å². The molecule has 0 spiro atoms. The standard InChI is InChI=1S/C13H20N2OS/c1-10(5-7-16-2)15-6-8-17-13-4-3-11(14)9-12(13)15/h3-4,9-10H,5-8,14H2,1-2H3. The number of methoxy groups -OCH3 is 1. The molecule has 3 nitrogen and oxygen atoms in total. The molecule has 1 aromatic carbocycles. The number of rotatable bonds is 4. The Labute approximate surface area is 107 Å². The Morgan fingerprint density at radius 3 is 3.12 bits per heavy atom. The number of thioether (sulfide) groups is 1. The van der Waals surface area contributed by atoms with Gasteiger partial charge >= 0.3 is 0 Å². The zero-order valence-corrected chi connectivity index (χ0v) is 11.3. The number of nitrogens with two attached hydrogens (primary N) is 1. The molecule has 0 amide bonds. The molecule has 1 aromatic rings. The average Bonchev–Trinajstić information content (AvgIpc) is 2.35. The minimum Gasteiger partial charge on any atom is -0.399 e. The third-order valence-electron chi connectivity index (χ3n) is 3.15. The van der Waals surface area contributed by atoms with E-state index in [2.05, 4.69) is 24.0 Å². The Balaban J connectivity index is 2.18. The van der Waals surface area contributed by atoms with E-state index in [9.17, 15) is 0 Å². The molecule has 1 unspecified atom stereocenters. The van der Waals surface area contributed by atoms with Crippen LogP contribution in [-0.4, -0.2) is 32.1 Å². The quantitative estimate of drug-likeness (QED) is 0.836. The molecular weight excluding hydrogens is 232 g/mol. The molecule has 0 saturated carbocycles. The Morgan fingerprint density at radius 1 is 1.53 bits per heavy atom. The second-order valence-corrected chi connectivity index (χ2v) is 5.54. The van der Waals surface area contributed by atoms with Gasteiger partial charge < -0.3 is 15.4 Å². The van der Waals surface area contributed by atoms with E-state index in [1.54, 1.807) is 7.11 Å². The van der Waals surface area contributed by atoms with Crippen molar-refractivity contribution in [2.75, 3.05) is 36.6 Å². The van der Waals surface area contributed by atoms with Crippen molar-refractivity contribution in [1.82, 2.24) is 0 Å². The zero-order valence-electron chi connectivity index (χ0n) is 10.5. The van der Waals surface area contributed by atoms with Crippen LogP contribution in [0, 0.1) is 0 Å². The fourth-order valence-electron chi connectivity index (χ4n) is 2.16. The third-order valence-corrected chi connectivity index (χ3v) is 4.20. The number of hydrogen-bond donors (Lipinski definition) is 1. The molecule has 1 aliphatic rings. The lowest BCUT2D eigenvalue weighted by molar-refractivity contribution is 0.188. The highest BCUT2D eigenvalue weighted by atomic mass is 32.2. The highest BCUT2D eigenvalue weighted by Crippen LogP contribution is 2.37. The number of nitrogens with zero attached hydrogens (tertiary/aromatic N) is 1. The summed E-state index contributed by atoms with van der Waals surface area (Å²) in [5.41, 5.74) is 8.01. The van der Waals surface area contributed by atoms with Crippen LogP contribution in [0.3, 0.4) is 0 Å². The van der Waals surface area contributed by atoms with Gasteiger partial charge in [0.1, 0.15) is 0 Å². The molecule has 0 saturated heterocycles. The Kier molecular flexibility index (Phi) is 4.18. The fourth-order valence-corrected chi connectivity index (χ4v) is 3.15. The molecule has 0 bridgehead atoms. The lowest BCUT2D eigenvalue weighted by Gasteiger charge is -2.36. The topological polar surface area (TPSA) is 38.5 Å². The van der Waals surface area contributed by atoms with Crippen LogP contribution < -0.4 is 10.6 Å². The summed E-state index contributed by atoms with van der Waals surface area (Å²) in [6, 6.07) is 6.70. The highest BCUT2D eigenvalue weighted by Gasteiger charge is 2.21. The van der Waals surface area contributed by atoms with Crippen molar-refractivity contribution >= 4 is 23.1 Å². The van der Waals surface area contributed by atoms with E-state index in [0.717, 1.165) is 31.0 Å². The number of hydrogen-bond acceptors (Lipinski definition) is 4. The first-order valence-corrected chi connectivity index (χ1v) is 6.99. The van der Waals surface area contributed by atoms with Gasteiger partial charge in [0.2, 0.25) is 0 Å². The lowest BCUT2D eigenvalue weighted by Crippen LogP contribution is -2.38. The van der Waals surface area contributed by atoms with Crippen molar-refractivity contribution in [3.63, 3.8) is 0 Å². The number of fused-ring (bicyclic) bond motifs is 1. The average molecular weight is 252 g/mol. The summed E-state index contributed by atoms with van der Waals surface area (Å²) in [7, 11) is 1.75. The van der Waals surface area contributed by atoms with Crippen LogP contribution in [0.25, 0.3) is 0 Å². The monoisotopic (exact) mass is 252 g/mol. The molecule has 0 fully saturated rings. The highest BCUT2D eigenvalue weighted by molar-refractivity contribution is 7.99. The number of ether oxygens (including phenoxy) is 1. The molecule has 2 N–H and O–H groups in total. The molecule has 4 heteroatoms. The van der Waals surface area contributed by atoms with Crippen LogP contribution in [-0.2, 0) is 4.74 Å². The summed E-state index contributed by atoms with van der Waals surface area (Å²) in [6.07, 6.45) is 1.05. The molecule has 1 aliphatic heterocycles. The van der Waals surface area contributed by atoms with E-state index in [4.69, 9.17) is 10.5 Å². The van der Waals surface area contributed by atoms with Gasteiger partial charge in [0.05, 0.1) is 5.69 Å². The summed E-state index contributed by atoms with van der Waals surface area (Å²) in [4.78, 5) is 3.79. The lowest BCUT2D eigenvalue weighted by atomic mass is 10.1. The summed E-state index contributed by atoms with van der Waals surface area (Å²) in [5.74, 6) is 1.15. The van der Waals surface area contributed by atoms with E-state index in [0.29, 0.717) is 6.04 Å². The van der Waals surface area contributed by atoms with Crippen LogP contribution in [0.1, 0.15) is 13.3 Å². The van der Waals surface area contributed by atoms with Gasteiger partial charge in [-0.05, 0) is 31.5 Å². The molecule has 0 aromatic heterocycles. The van der Waals surface area contributed by atoms with Gasteiger partial charge in [-0.1, -0.05) is 0 Å². The molecule has 2 rings (SSSR count). The minimum absolute atomic E-state index is 0.497. The van der Waals surface area contributed by atoms with E-state index in [-0.39, 0.29) is 0 Å². The molecule has 0 aliphatic carbocycles. The predicted octanol–water partition coefficient (Wildman–Crippen LogP) is 2.61. The molecule has 0 radical (unpaired) electrons. The minimum atomic E-state index is 0.497. The first-order chi connectivity index (χ1) is 8.22. The Hall–Kier alpha value is -0.870. The molecule has 94 valence electrons. The van der Waals surface area contributed by atoms with Crippen LogP contribution in [0.4, 0.5) is 11.4 Å². The van der Waals surface area contributed by atoms with Crippen LogP contribution >= 0.6 is 11.8 Å². The first-order valence-electron chi connectivity index (χ1n) is 6.00. The molecule has 1 heterocycles. The SMILES string of the molecule is COCCC(C)N1CCSc2ccc(N)cc21. The van der Waals surface area contributed by atoms with Crippen molar-refractivity contribution in [2.45, 2.75) is 24.3 Å². The molecular formula is C13H20N2OS. The second-order valence-electron chi connectivity index (χ2n) is 4.40. The van der Waals surface area contributed by atoms with Crippen molar-refractivity contribution < 1.29 is 4.74 Å². The summed E-state index contributed by atoms with van der Waals surface area (Å²) in [5, 5.41) is 0. The zero-order chi connectivity index (χ0) is 12.3. The molecule has 1 atom stereocenters. The second kappa shape index (κ2) is 5.65. The predicted molar refractivity (Wildman–Crippen MR) is 74.9 cm³/mol. The van der Waals surface area contributed by atoms with Crippen molar-refractivity contribution in [2.24, 2.45) is 0 Å².